The van der Waals surface area contributed by atoms with Gasteiger partial charge in [0.2, 0.25) is 0 Å². The van der Waals surface area contributed by atoms with Crippen LogP contribution < -0.4 is 0 Å². The molecular weight excluding hydrogens is 332 g/mol. The van der Waals surface area contributed by atoms with Crippen molar-refractivity contribution in [3.63, 3.8) is 0 Å². The molecule has 4 nitrogen and oxygen atoms in total. The molecule has 0 bridgehead atoms. The van der Waals surface area contributed by atoms with Gasteiger partial charge in [0, 0.05) is 11.3 Å². The summed E-state index contributed by atoms with van der Waals surface area (Å²) in [5, 5.41) is 5.15. The summed E-state index contributed by atoms with van der Waals surface area (Å²) >= 11 is 6.65. The van der Waals surface area contributed by atoms with Crippen molar-refractivity contribution in [2.24, 2.45) is 0 Å². The minimum absolute atomic E-state index is 0.553. The lowest BCUT2D eigenvalue weighted by Crippen LogP contribution is -1.95. The van der Waals surface area contributed by atoms with Gasteiger partial charge >= 0.3 is 0 Å². The van der Waals surface area contributed by atoms with E-state index in [-0.39, 0.29) is 0 Å². The van der Waals surface area contributed by atoms with Gasteiger partial charge in [-0.3, -0.25) is 0 Å². The van der Waals surface area contributed by atoms with Gasteiger partial charge in [-0.15, -0.1) is 0 Å². The molecule has 0 spiro atoms. The number of aromatic amines is 1. The van der Waals surface area contributed by atoms with Crippen LogP contribution in [0.4, 0.5) is 0 Å². The third kappa shape index (κ3) is 2.75. The van der Waals surface area contributed by atoms with E-state index in [1.807, 2.05) is 62.4 Å². The molecule has 0 fully saturated rings. The van der Waals surface area contributed by atoms with E-state index < -0.39 is 0 Å². The SMILES string of the molecule is Cc1nn(-c2ccccc2)c(Cl)c1-c1nc(-c2ccccc2)c(C)[nH]1. The Morgan fingerprint density at radius 1 is 0.920 bits per heavy atom. The minimum Gasteiger partial charge on any atom is -0.341 e. The molecule has 0 radical (unpaired) electrons. The van der Waals surface area contributed by atoms with Crippen molar-refractivity contribution in [1.82, 2.24) is 19.7 Å². The normalized spacial score (nSPS) is 11.0. The fourth-order valence-corrected chi connectivity index (χ4v) is 3.33. The lowest BCUT2D eigenvalue weighted by molar-refractivity contribution is 0.863. The van der Waals surface area contributed by atoms with Gasteiger partial charge in [0.05, 0.1) is 22.6 Å². The molecule has 25 heavy (non-hydrogen) atoms. The molecule has 0 aliphatic rings. The molecule has 0 aliphatic heterocycles. The molecule has 4 aromatic rings. The Labute approximate surface area is 151 Å². The van der Waals surface area contributed by atoms with Crippen LogP contribution >= 0.6 is 11.6 Å². The Bertz CT molecular complexity index is 1020. The van der Waals surface area contributed by atoms with Crippen molar-refractivity contribution in [2.45, 2.75) is 13.8 Å². The molecule has 0 saturated carbocycles. The first kappa shape index (κ1) is 15.7. The van der Waals surface area contributed by atoms with Crippen molar-refractivity contribution in [3.8, 4) is 28.3 Å². The Hall–Kier alpha value is -2.85. The topological polar surface area (TPSA) is 46.5 Å². The van der Waals surface area contributed by atoms with E-state index in [9.17, 15) is 0 Å². The Balaban J connectivity index is 1.83. The van der Waals surface area contributed by atoms with Gasteiger partial charge in [0.1, 0.15) is 11.0 Å². The molecule has 2 aromatic carbocycles. The summed E-state index contributed by atoms with van der Waals surface area (Å²) < 4.78 is 1.74. The fraction of sp³-hybridized carbons (Fsp3) is 0.100. The van der Waals surface area contributed by atoms with Gasteiger partial charge < -0.3 is 4.98 Å². The first-order valence-electron chi connectivity index (χ1n) is 8.08. The second-order valence-electron chi connectivity index (χ2n) is 5.92. The largest absolute Gasteiger partial charge is 0.341 e. The standard InChI is InChI=1S/C20H17ClN4/c1-13-17(19(21)25(24-13)16-11-7-4-8-12-16)20-22-14(2)18(23-20)15-9-5-3-6-10-15/h3-12H,1-2H3,(H,22,23). The number of para-hydroxylation sites is 1. The van der Waals surface area contributed by atoms with Gasteiger partial charge in [0.15, 0.2) is 0 Å². The van der Waals surface area contributed by atoms with E-state index in [4.69, 9.17) is 16.6 Å². The first-order valence-corrected chi connectivity index (χ1v) is 8.46. The zero-order valence-electron chi connectivity index (χ0n) is 14.0. The van der Waals surface area contributed by atoms with Crippen molar-refractivity contribution in [2.75, 3.05) is 0 Å². The zero-order valence-corrected chi connectivity index (χ0v) is 14.7. The van der Waals surface area contributed by atoms with E-state index in [2.05, 4.69) is 22.2 Å². The zero-order chi connectivity index (χ0) is 17.4. The van der Waals surface area contributed by atoms with E-state index in [0.29, 0.717) is 5.15 Å². The highest BCUT2D eigenvalue weighted by Crippen LogP contribution is 2.33. The number of nitrogens with zero attached hydrogens (tertiary/aromatic N) is 3. The van der Waals surface area contributed by atoms with Crippen LogP contribution in [0.2, 0.25) is 5.15 Å². The summed E-state index contributed by atoms with van der Waals surface area (Å²) in [4.78, 5) is 8.14. The number of H-pyrrole nitrogens is 1. The lowest BCUT2D eigenvalue weighted by atomic mass is 10.1. The maximum Gasteiger partial charge on any atom is 0.144 e. The van der Waals surface area contributed by atoms with Crippen LogP contribution in [-0.2, 0) is 0 Å². The molecule has 0 unspecified atom stereocenters. The van der Waals surface area contributed by atoms with Crippen molar-refractivity contribution in [3.05, 3.63) is 77.2 Å². The van der Waals surface area contributed by atoms with Gasteiger partial charge in [-0.25, -0.2) is 9.67 Å². The number of benzene rings is 2. The van der Waals surface area contributed by atoms with Gasteiger partial charge in [0.25, 0.3) is 0 Å². The van der Waals surface area contributed by atoms with Crippen LogP contribution in [0.1, 0.15) is 11.4 Å². The summed E-state index contributed by atoms with van der Waals surface area (Å²) in [5.74, 6) is 0.737. The number of hydrogen-bond donors (Lipinski definition) is 1. The molecule has 0 aliphatic carbocycles. The number of hydrogen-bond acceptors (Lipinski definition) is 2. The van der Waals surface area contributed by atoms with Crippen molar-refractivity contribution < 1.29 is 0 Å². The monoisotopic (exact) mass is 348 g/mol. The predicted molar refractivity (Wildman–Crippen MR) is 101 cm³/mol. The van der Waals surface area contributed by atoms with Crippen LogP contribution in [0.3, 0.4) is 0 Å². The minimum atomic E-state index is 0.553. The smallest absolute Gasteiger partial charge is 0.144 e. The molecule has 2 aromatic heterocycles. The average molecular weight is 349 g/mol. The van der Waals surface area contributed by atoms with Crippen molar-refractivity contribution >= 4 is 11.6 Å². The lowest BCUT2D eigenvalue weighted by Gasteiger charge is -2.02. The number of rotatable bonds is 3. The molecule has 2 heterocycles. The number of nitrogens with one attached hydrogen (secondary N) is 1. The molecule has 4 rings (SSSR count). The fourth-order valence-electron chi connectivity index (χ4n) is 2.96. The summed E-state index contributed by atoms with van der Waals surface area (Å²) in [7, 11) is 0. The number of aryl methyl sites for hydroxylation is 2. The Morgan fingerprint density at radius 3 is 2.24 bits per heavy atom. The maximum atomic E-state index is 6.65. The summed E-state index contributed by atoms with van der Waals surface area (Å²) in [6.07, 6.45) is 0. The summed E-state index contributed by atoms with van der Waals surface area (Å²) in [6, 6.07) is 20.0. The van der Waals surface area contributed by atoms with Crippen LogP contribution in [0.15, 0.2) is 60.7 Å². The third-order valence-corrected chi connectivity index (χ3v) is 4.52. The van der Waals surface area contributed by atoms with Gasteiger partial charge in [-0.2, -0.15) is 5.10 Å². The van der Waals surface area contributed by atoms with Gasteiger partial charge in [-0.05, 0) is 26.0 Å². The third-order valence-electron chi connectivity index (χ3n) is 4.17. The van der Waals surface area contributed by atoms with Crippen LogP contribution in [-0.4, -0.2) is 19.7 Å². The quantitative estimate of drug-likeness (QED) is 0.553. The Morgan fingerprint density at radius 2 is 1.56 bits per heavy atom. The summed E-state index contributed by atoms with van der Waals surface area (Å²) in [5.41, 5.74) is 5.60. The molecule has 0 atom stereocenters. The average Bonchev–Trinajstić information content (AvgIpc) is 3.16. The molecule has 5 heteroatoms. The van der Waals surface area contributed by atoms with E-state index in [1.54, 1.807) is 4.68 Å². The second kappa shape index (κ2) is 6.22. The molecule has 0 saturated heterocycles. The van der Waals surface area contributed by atoms with Crippen LogP contribution in [0.25, 0.3) is 28.3 Å². The van der Waals surface area contributed by atoms with E-state index >= 15 is 0 Å². The highest BCUT2D eigenvalue weighted by atomic mass is 35.5. The summed E-state index contributed by atoms with van der Waals surface area (Å²) in [6.45, 7) is 3.96. The maximum absolute atomic E-state index is 6.65. The Kier molecular flexibility index (Phi) is 3.90. The van der Waals surface area contributed by atoms with Crippen LogP contribution in [0.5, 0.6) is 0 Å². The van der Waals surface area contributed by atoms with E-state index in [0.717, 1.165) is 39.7 Å². The highest BCUT2D eigenvalue weighted by Gasteiger charge is 2.20. The van der Waals surface area contributed by atoms with Crippen molar-refractivity contribution in [1.29, 1.82) is 0 Å². The molecule has 1 N–H and O–H groups in total. The first-order chi connectivity index (χ1) is 12.1. The van der Waals surface area contributed by atoms with Crippen LogP contribution in [0, 0.1) is 13.8 Å². The molecule has 124 valence electrons. The second-order valence-corrected chi connectivity index (χ2v) is 6.28. The number of imidazole rings is 1. The van der Waals surface area contributed by atoms with E-state index in [1.165, 1.54) is 0 Å². The molecule has 0 amide bonds. The van der Waals surface area contributed by atoms with Gasteiger partial charge in [-0.1, -0.05) is 60.1 Å². The number of aromatic nitrogens is 4. The molecular formula is C20H17ClN4. The highest BCUT2D eigenvalue weighted by molar-refractivity contribution is 6.32. The predicted octanol–water partition coefficient (Wildman–Crippen LogP) is 5.20. The number of halogens is 1.